The Morgan fingerprint density at radius 2 is 2.10 bits per heavy atom. The number of benzene rings is 1. The lowest BCUT2D eigenvalue weighted by atomic mass is 9.80. The van der Waals surface area contributed by atoms with Gasteiger partial charge >= 0.3 is 0 Å². The van der Waals surface area contributed by atoms with Crippen LogP contribution >= 0.6 is 0 Å². The highest BCUT2D eigenvalue weighted by Crippen LogP contribution is 2.50. The van der Waals surface area contributed by atoms with Crippen molar-refractivity contribution in [2.45, 2.75) is 31.2 Å². The standard InChI is InChI=1S/C20H26N4O6S/c1-12-21-19(30-23-12)20-9-14(8-13(20)10-24(11-20)31(4,26)27)22-18(25)15-6-5-7-16(28-2)17(15)29-3/h5-7,13-14H,8-11H2,1-4H3,(H,22,25). The first-order chi connectivity index (χ1) is 14.7. The molecule has 3 unspecified atom stereocenters. The number of nitrogens with one attached hydrogen (secondary N) is 1. The lowest BCUT2D eigenvalue weighted by molar-refractivity contribution is 0.0931. The van der Waals surface area contributed by atoms with Crippen LogP contribution in [0.2, 0.25) is 0 Å². The number of carbonyl (C=O) groups excluding carboxylic acids is 1. The highest BCUT2D eigenvalue weighted by Gasteiger charge is 2.59. The van der Waals surface area contributed by atoms with Crippen molar-refractivity contribution in [2.24, 2.45) is 5.92 Å². The molecule has 2 aliphatic rings. The van der Waals surface area contributed by atoms with Crippen LogP contribution in [0.5, 0.6) is 11.5 Å². The number of aromatic nitrogens is 2. The van der Waals surface area contributed by atoms with Crippen LogP contribution in [-0.2, 0) is 15.4 Å². The Morgan fingerprint density at radius 1 is 1.32 bits per heavy atom. The summed E-state index contributed by atoms with van der Waals surface area (Å²) < 4.78 is 42.0. The zero-order valence-corrected chi connectivity index (χ0v) is 18.7. The van der Waals surface area contributed by atoms with E-state index in [0.29, 0.717) is 48.2 Å². The molecule has 0 spiro atoms. The van der Waals surface area contributed by atoms with Crippen LogP contribution < -0.4 is 14.8 Å². The van der Waals surface area contributed by atoms with Gasteiger partial charge in [0.25, 0.3) is 5.91 Å². The maximum absolute atomic E-state index is 13.0. The number of sulfonamides is 1. The number of methoxy groups -OCH3 is 2. The summed E-state index contributed by atoms with van der Waals surface area (Å²) in [6, 6.07) is 4.95. The number of hydrogen-bond donors (Lipinski definition) is 1. The molecule has 1 aromatic carbocycles. The number of rotatable bonds is 6. The number of aryl methyl sites for hydroxylation is 1. The quantitative estimate of drug-likeness (QED) is 0.694. The molecule has 4 rings (SSSR count). The molecule has 11 heteroatoms. The summed E-state index contributed by atoms with van der Waals surface area (Å²) in [5.41, 5.74) is -0.250. The Bertz CT molecular complexity index is 1100. The molecule has 2 fully saturated rings. The van der Waals surface area contributed by atoms with E-state index in [1.165, 1.54) is 24.8 Å². The predicted molar refractivity (Wildman–Crippen MR) is 111 cm³/mol. The second-order valence-electron chi connectivity index (χ2n) is 8.21. The van der Waals surface area contributed by atoms with Crippen LogP contribution in [0.4, 0.5) is 0 Å². The molecule has 1 aliphatic heterocycles. The number of carbonyl (C=O) groups is 1. The van der Waals surface area contributed by atoms with Crippen molar-refractivity contribution in [3.05, 3.63) is 35.5 Å². The third kappa shape index (κ3) is 3.76. The van der Waals surface area contributed by atoms with E-state index in [0.717, 1.165) is 0 Å². The first-order valence-corrected chi connectivity index (χ1v) is 11.8. The van der Waals surface area contributed by atoms with E-state index in [1.54, 1.807) is 25.1 Å². The van der Waals surface area contributed by atoms with Gasteiger partial charge in [0, 0.05) is 19.1 Å². The third-order valence-electron chi connectivity index (χ3n) is 6.25. The molecule has 2 heterocycles. The van der Waals surface area contributed by atoms with Gasteiger partial charge in [-0.3, -0.25) is 4.79 Å². The summed E-state index contributed by atoms with van der Waals surface area (Å²) in [4.78, 5) is 17.4. The molecule has 10 nitrogen and oxygen atoms in total. The van der Waals surface area contributed by atoms with E-state index in [4.69, 9.17) is 14.0 Å². The zero-order chi connectivity index (χ0) is 22.4. The lowest BCUT2D eigenvalue weighted by Crippen LogP contribution is -2.39. The van der Waals surface area contributed by atoms with E-state index in [-0.39, 0.29) is 24.4 Å². The van der Waals surface area contributed by atoms with E-state index in [9.17, 15) is 13.2 Å². The molecule has 2 aromatic rings. The molecule has 168 valence electrons. The van der Waals surface area contributed by atoms with Crippen molar-refractivity contribution in [1.29, 1.82) is 0 Å². The summed E-state index contributed by atoms with van der Waals surface area (Å²) in [5, 5.41) is 6.98. The van der Waals surface area contributed by atoms with Crippen LogP contribution in [0.15, 0.2) is 22.7 Å². The fraction of sp³-hybridized carbons (Fsp3) is 0.550. The maximum Gasteiger partial charge on any atom is 0.255 e. The smallest absolute Gasteiger partial charge is 0.255 e. The van der Waals surface area contributed by atoms with Crippen LogP contribution in [0, 0.1) is 12.8 Å². The topological polar surface area (TPSA) is 124 Å². The summed E-state index contributed by atoms with van der Waals surface area (Å²) in [5.74, 6) is 1.44. The van der Waals surface area contributed by atoms with Gasteiger partial charge in [-0.15, -0.1) is 0 Å². The molecule has 1 saturated carbocycles. The SMILES string of the molecule is COc1cccc(C(=O)NC2CC3CN(S(C)(=O)=O)CC3(c3nc(C)no3)C2)c1OC. The number of nitrogens with zero attached hydrogens (tertiary/aromatic N) is 3. The van der Waals surface area contributed by atoms with Crippen molar-refractivity contribution >= 4 is 15.9 Å². The van der Waals surface area contributed by atoms with Crippen molar-refractivity contribution in [3.63, 3.8) is 0 Å². The van der Waals surface area contributed by atoms with E-state index >= 15 is 0 Å². The average molecular weight is 451 g/mol. The van der Waals surface area contributed by atoms with Gasteiger partial charge in [-0.25, -0.2) is 12.7 Å². The van der Waals surface area contributed by atoms with Crippen LogP contribution in [0.1, 0.15) is 34.9 Å². The summed E-state index contributed by atoms with van der Waals surface area (Å²) in [6.45, 7) is 2.34. The van der Waals surface area contributed by atoms with Gasteiger partial charge in [-0.05, 0) is 37.8 Å². The second-order valence-corrected chi connectivity index (χ2v) is 10.2. The highest BCUT2D eigenvalue weighted by atomic mass is 32.2. The molecule has 0 radical (unpaired) electrons. The van der Waals surface area contributed by atoms with Gasteiger partial charge in [-0.1, -0.05) is 11.2 Å². The van der Waals surface area contributed by atoms with Crippen molar-refractivity contribution in [2.75, 3.05) is 33.6 Å². The summed E-state index contributed by atoms with van der Waals surface area (Å²) in [7, 11) is -0.356. The fourth-order valence-electron chi connectivity index (χ4n) is 4.85. The van der Waals surface area contributed by atoms with Gasteiger partial charge in [0.15, 0.2) is 17.3 Å². The van der Waals surface area contributed by atoms with E-state index in [2.05, 4.69) is 15.5 Å². The minimum Gasteiger partial charge on any atom is -0.493 e. The molecule has 1 N–H and O–H groups in total. The monoisotopic (exact) mass is 450 g/mol. The molecule has 1 amide bonds. The fourth-order valence-corrected chi connectivity index (χ4v) is 5.76. The van der Waals surface area contributed by atoms with Crippen molar-refractivity contribution in [3.8, 4) is 11.5 Å². The first kappa shape index (κ1) is 21.6. The van der Waals surface area contributed by atoms with Crippen LogP contribution in [0.3, 0.4) is 0 Å². The lowest BCUT2D eigenvalue weighted by Gasteiger charge is -2.25. The normalized spacial score (nSPS) is 25.9. The first-order valence-electron chi connectivity index (χ1n) is 9.95. The third-order valence-corrected chi connectivity index (χ3v) is 7.47. The van der Waals surface area contributed by atoms with Gasteiger partial charge in [0.1, 0.15) is 0 Å². The predicted octanol–water partition coefficient (Wildman–Crippen LogP) is 1.12. The van der Waals surface area contributed by atoms with Crippen molar-refractivity contribution < 1.29 is 27.2 Å². The molecule has 3 atom stereocenters. The number of para-hydroxylation sites is 1. The summed E-state index contributed by atoms with van der Waals surface area (Å²) >= 11 is 0. The van der Waals surface area contributed by atoms with Gasteiger partial charge < -0.3 is 19.3 Å². The van der Waals surface area contributed by atoms with Gasteiger partial charge in [0.2, 0.25) is 15.9 Å². The molecule has 1 aromatic heterocycles. The molecule has 0 bridgehead atoms. The molecule has 1 saturated heterocycles. The minimum atomic E-state index is -3.36. The minimum absolute atomic E-state index is 0.0421. The van der Waals surface area contributed by atoms with E-state index in [1.807, 2.05) is 0 Å². The highest BCUT2D eigenvalue weighted by molar-refractivity contribution is 7.88. The molecule has 31 heavy (non-hydrogen) atoms. The number of ether oxygens (including phenoxy) is 2. The largest absolute Gasteiger partial charge is 0.493 e. The van der Waals surface area contributed by atoms with Gasteiger partial charge in [-0.2, -0.15) is 4.98 Å². The Balaban J connectivity index is 1.59. The van der Waals surface area contributed by atoms with Crippen molar-refractivity contribution in [1.82, 2.24) is 19.8 Å². The average Bonchev–Trinajstić information content (AvgIpc) is 3.39. The number of fused-ring (bicyclic) bond motifs is 1. The Kier molecular flexibility index (Phi) is 5.42. The van der Waals surface area contributed by atoms with Gasteiger partial charge in [0.05, 0.1) is 31.5 Å². The zero-order valence-electron chi connectivity index (χ0n) is 17.9. The van der Waals surface area contributed by atoms with Crippen LogP contribution in [0.25, 0.3) is 0 Å². The second kappa shape index (κ2) is 7.79. The Morgan fingerprint density at radius 3 is 2.71 bits per heavy atom. The summed E-state index contributed by atoms with van der Waals surface area (Å²) in [6.07, 6.45) is 2.31. The Hall–Kier alpha value is -2.66. The van der Waals surface area contributed by atoms with Crippen LogP contribution in [-0.4, -0.2) is 68.4 Å². The Labute approximate surface area is 181 Å². The molecular weight excluding hydrogens is 424 g/mol. The number of amides is 1. The molecule has 1 aliphatic carbocycles. The molecular formula is C20H26N4O6S. The maximum atomic E-state index is 13.0. The number of hydrogen-bond acceptors (Lipinski definition) is 8. The van der Waals surface area contributed by atoms with E-state index < -0.39 is 15.4 Å².